The van der Waals surface area contributed by atoms with E-state index < -0.39 is 0 Å². The van der Waals surface area contributed by atoms with Crippen LogP contribution in [0.4, 0.5) is 0 Å². The Labute approximate surface area is 119 Å². The van der Waals surface area contributed by atoms with Crippen LogP contribution in [0.25, 0.3) is 22.5 Å². The van der Waals surface area contributed by atoms with Crippen molar-refractivity contribution in [2.24, 2.45) is 0 Å². The zero-order valence-electron chi connectivity index (χ0n) is 10.8. The van der Waals surface area contributed by atoms with Crippen LogP contribution < -0.4 is 0 Å². The second kappa shape index (κ2) is 4.75. The van der Waals surface area contributed by atoms with Crippen molar-refractivity contribution in [2.45, 2.75) is 0 Å². The summed E-state index contributed by atoms with van der Waals surface area (Å²) in [6.45, 7) is 0. The maximum absolute atomic E-state index is 9.51. The number of benzene rings is 2. The van der Waals surface area contributed by atoms with Crippen LogP contribution in [-0.2, 0) is 0 Å². The van der Waals surface area contributed by atoms with E-state index in [2.05, 4.69) is 10.2 Å². The van der Waals surface area contributed by atoms with Gasteiger partial charge in [0.1, 0.15) is 0 Å². The summed E-state index contributed by atoms with van der Waals surface area (Å²) in [6.07, 6.45) is 0. The van der Waals surface area contributed by atoms with Crippen molar-refractivity contribution in [3.63, 3.8) is 0 Å². The molecule has 3 rings (SSSR count). The second-order valence-electron chi connectivity index (χ2n) is 4.57. The molecule has 1 heterocycles. The van der Waals surface area contributed by atoms with Gasteiger partial charge in [0.25, 0.3) is 0 Å². The number of aromatic hydroxyl groups is 4. The first kappa shape index (κ1) is 12.9. The number of nitrogens with zero attached hydrogens (tertiary/aromatic N) is 1. The minimum atomic E-state index is -0.223. The Hall–Kier alpha value is -3.15. The Bertz CT molecular complexity index is 745. The quantitative estimate of drug-likeness (QED) is 0.465. The van der Waals surface area contributed by atoms with Gasteiger partial charge in [-0.25, -0.2) is 0 Å². The Balaban J connectivity index is 1.99. The Kier molecular flexibility index (Phi) is 2.91. The van der Waals surface area contributed by atoms with Crippen molar-refractivity contribution in [1.82, 2.24) is 10.2 Å². The van der Waals surface area contributed by atoms with E-state index in [-0.39, 0.29) is 23.0 Å². The number of H-pyrrole nitrogens is 1. The summed E-state index contributed by atoms with van der Waals surface area (Å²) in [7, 11) is 0. The zero-order valence-corrected chi connectivity index (χ0v) is 10.8. The molecule has 0 atom stereocenters. The highest BCUT2D eigenvalue weighted by Gasteiger charge is 2.09. The first-order chi connectivity index (χ1) is 10.0. The van der Waals surface area contributed by atoms with Gasteiger partial charge in [0.05, 0.1) is 11.4 Å². The van der Waals surface area contributed by atoms with E-state index in [0.29, 0.717) is 22.5 Å². The molecule has 2 aromatic carbocycles. The third kappa shape index (κ3) is 2.34. The summed E-state index contributed by atoms with van der Waals surface area (Å²) in [5.41, 5.74) is 2.52. The predicted octanol–water partition coefficient (Wildman–Crippen LogP) is 2.57. The van der Waals surface area contributed by atoms with E-state index >= 15 is 0 Å². The molecule has 0 amide bonds. The Morgan fingerprint density at radius 2 is 1.24 bits per heavy atom. The van der Waals surface area contributed by atoms with E-state index in [1.165, 1.54) is 24.3 Å². The monoisotopic (exact) mass is 284 g/mol. The lowest BCUT2D eigenvalue weighted by Gasteiger charge is -2.01. The van der Waals surface area contributed by atoms with Crippen molar-refractivity contribution >= 4 is 0 Å². The van der Waals surface area contributed by atoms with Crippen LogP contribution >= 0.6 is 0 Å². The van der Waals surface area contributed by atoms with E-state index in [1.807, 2.05) is 0 Å². The minimum Gasteiger partial charge on any atom is -0.504 e. The molecule has 0 bridgehead atoms. The highest BCUT2D eigenvalue weighted by atomic mass is 16.3. The molecule has 0 saturated heterocycles. The van der Waals surface area contributed by atoms with E-state index in [4.69, 9.17) is 0 Å². The lowest BCUT2D eigenvalue weighted by Crippen LogP contribution is -1.78. The van der Waals surface area contributed by atoms with Gasteiger partial charge >= 0.3 is 0 Å². The summed E-state index contributed by atoms with van der Waals surface area (Å²) >= 11 is 0. The first-order valence-electron chi connectivity index (χ1n) is 6.15. The zero-order chi connectivity index (χ0) is 15.0. The number of aromatic amines is 1. The number of aromatic nitrogens is 2. The third-order valence-electron chi connectivity index (χ3n) is 3.14. The molecule has 21 heavy (non-hydrogen) atoms. The lowest BCUT2D eigenvalue weighted by atomic mass is 10.1. The summed E-state index contributed by atoms with van der Waals surface area (Å²) in [5, 5.41) is 44.6. The van der Waals surface area contributed by atoms with Gasteiger partial charge < -0.3 is 20.4 Å². The Morgan fingerprint density at radius 3 is 1.86 bits per heavy atom. The molecule has 0 unspecified atom stereocenters. The second-order valence-corrected chi connectivity index (χ2v) is 4.57. The molecule has 6 nitrogen and oxygen atoms in total. The predicted molar refractivity (Wildman–Crippen MR) is 76.1 cm³/mol. The lowest BCUT2D eigenvalue weighted by molar-refractivity contribution is 0.404. The fourth-order valence-corrected chi connectivity index (χ4v) is 1.99. The standard InChI is InChI=1S/C15H12N2O4/c18-12-3-1-8(5-14(12)20)10-7-11(17-16-10)9-2-4-13(19)15(21)6-9/h1-7,18-21H,(H,16,17). The van der Waals surface area contributed by atoms with Gasteiger partial charge in [-0.2, -0.15) is 5.10 Å². The average Bonchev–Trinajstić information content (AvgIpc) is 2.94. The summed E-state index contributed by atoms with van der Waals surface area (Å²) in [5.74, 6) is -0.829. The molecule has 0 aliphatic heterocycles. The number of phenolic OH excluding ortho intramolecular Hbond substituents is 4. The number of nitrogens with one attached hydrogen (secondary N) is 1. The molecule has 3 aromatic rings. The maximum atomic E-state index is 9.51. The number of hydrogen-bond donors (Lipinski definition) is 5. The van der Waals surface area contributed by atoms with Crippen molar-refractivity contribution in [1.29, 1.82) is 0 Å². The molecule has 6 heteroatoms. The van der Waals surface area contributed by atoms with E-state index in [0.717, 1.165) is 0 Å². The minimum absolute atomic E-state index is 0.193. The molecule has 0 aliphatic rings. The van der Waals surface area contributed by atoms with Crippen LogP contribution in [0, 0.1) is 0 Å². The SMILES string of the molecule is Oc1ccc(-c2cc(-c3ccc(O)c(O)c3)[nH]n2)cc1O. The highest BCUT2D eigenvalue weighted by molar-refractivity contribution is 5.71. The summed E-state index contributed by atoms with van der Waals surface area (Å²) in [6, 6.07) is 10.6. The van der Waals surface area contributed by atoms with Crippen LogP contribution in [0.5, 0.6) is 23.0 Å². The van der Waals surface area contributed by atoms with Crippen molar-refractivity contribution in [2.75, 3.05) is 0 Å². The fraction of sp³-hybridized carbons (Fsp3) is 0. The van der Waals surface area contributed by atoms with Crippen molar-refractivity contribution in [3.8, 4) is 45.5 Å². The van der Waals surface area contributed by atoms with E-state index in [1.54, 1.807) is 18.2 Å². The molecule has 0 fully saturated rings. The molecule has 0 aliphatic carbocycles. The molecule has 0 radical (unpaired) electrons. The molecule has 1 aromatic heterocycles. The molecular formula is C15H12N2O4. The summed E-state index contributed by atoms with van der Waals surface area (Å²) in [4.78, 5) is 0. The maximum Gasteiger partial charge on any atom is 0.158 e. The van der Waals surface area contributed by atoms with Crippen molar-refractivity contribution in [3.05, 3.63) is 42.5 Å². The Morgan fingerprint density at radius 1 is 0.667 bits per heavy atom. The van der Waals surface area contributed by atoms with Gasteiger partial charge in [0, 0.05) is 11.1 Å². The van der Waals surface area contributed by atoms with E-state index in [9.17, 15) is 20.4 Å². The van der Waals surface area contributed by atoms with Gasteiger partial charge in [-0.1, -0.05) is 0 Å². The molecular weight excluding hydrogens is 272 g/mol. The third-order valence-corrected chi connectivity index (χ3v) is 3.14. The van der Waals surface area contributed by atoms with Crippen LogP contribution in [-0.4, -0.2) is 30.6 Å². The average molecular weight is 284 g/mol. The van der Waals surface area contributed by atoms with Crippen LogP contribution in [0.2, 0.25) is 0 Å². The van der Waals surface area contributed by atoms with Gasteiger partial charge in [-0.3, -0.25) is 5.10 Å². The largest absolute Gasteiger partial charge is 0.504 e. The number of phenols is 4. The topological polar surface area (TPSA) is 110 Å². The summed E-state index contributed by atoms with van der Waals surface area (Å²) < 4.78 is 0. The number of hydrogen-bond acceptors (Lipinski definition) is 5. The fourth-order valence-electron chi connectivity index (χ4n) is 1.99. The van der Waals surface area contributed by atoms with Crippen LogP contribution in [0.15, 0.2) is 42.5 Å². The van der Waals surface area contributed by atoms with Crippen LogP contribution in [0.3, 0.4) is 0 Å². The molecule has 0 saturated carbocycles. The molecule has 106 valence electrons. The number of rotatable bonds is 2. The van der Waals surface area contributed by atoms with Gasteiger partial charge in [0.15, 0.2) is 23.0 Å². The highest BCUT2D eigenvalue weighted by Crippen LogP contribution is 2.33. The van der Waals surface area contributed by atoms with Gasteiger partial charge in [0.2, 0.25) is 0 Å². The van der Waals surface area contributed by atoms with Crippen LogP contribution in [0.1, 0.15) is 0 Å². The smallest absolute Gasteiger partial charge is 0.158 e. The normalized spacial score (nSPS) is 10.7. The van der Waals surface area contributed by atoms with Gasteiger partial charge in [-0.15, -0.1) is 0 Å². The molecule has 0 spiro atoms. The van der Waals surface area contributed by atoms with Gasteiger partial charge in [-0.05, 0) is 42.5 Å². The van der Waals surface area contributed by atoms with Crippen molar-refractivity contribution < 1.29 is 20.4 Å². The first-order valence-corrected chi connectivity index (χ1v) is 6.15. The molecule has 5 N–H and O–H groups in total.